The van der Waals surface area contributed by atoms with Crippen LogP contribution in [0.4, 0.5) is 5.13 Å². The first kappa shape index (κ1) is 22.0. The van der Waals surface area contributed by atoms with Crippen LogP contribution >= 0.6 is 34.3 Å². The molecule has 1 saturated heterocycles. The molecule has 0 aliphatic carbocycles. The van der Waals surface area contributed by atoms with E-state index in [0.717, 1.165) is 18.4 Å². The molecule has 0 atom stereocenters. The van der Waals surface area contributed by atoms with Crippen molar-refractivity contribution < 1.29 is 14.3 Å². The number of carbonyl (C=O) groups is 2. The topological polar surface area (TPSA) is 80.3 Å². The zero-order chi connectivity index (χ0) is 21.7. The van der Waals surface area contributed by atoms with E-state index in [-0.39, 0.29) is 23.7 Å². The van der Waals surface area contributed by atoms with Crippen molar-refractivity contribution in [2.75, 3.05) is 25.1 Å². The first-order chi connectivity index (χ1) is 15.0. The number of nitrogens with one attached hydrogen (secondary N) is 2. The summed E-state index contributed by atoms with van der Waals surface area (Å²) in [5.74, 6) is -0.294. The van der Waals surface area contributed by atoms with Crippen molar-refractivity contribution in [1.29, 1.82) is 0 Å². The molecular weight excluding hydrogens is 454 g/mol. The van der Waals surface area contributed by atoms with Gasteiger partial charge in [0, 0.05) is 35.6 Å². The molecule has 1 aliphatic heterocycles. The number of amides is 2. The first-order valence-electron chi connectivity index (χ1n) is 9.94. The van der Waals surface area contributed by atoms with Crippen LogP contribution < -0.4 is 10.6 Å². The lowest BCUT2D eigenvalue weighted by Crippen LogP contribution is -2.45. The summed E-state index contributed by atoms with van der Waals surface area (Å²) >= 11 is 8.89. The Labute approximate surface area is 193 Å². The number of hydrogen-bond acceptors (Lipinski definition) is 6. The molecule has 162 valence electrons. The van der Waals surface area contributed by atoms with Gasteiger partial charge >= 0.3 is 0 Å². The molecule has 3 heterocycles. The van der Waals surface area contributed by atoms with Gasteiger partial charge in [0.15, 0.2) is 5.13 Å². The third kappa shape index (κ3) is 5.51. The molecule has 9 heteroatoms. The normalized spacial score (nSPS) is 15.4. The van der Waals surface area contributed by atoms with Crippen LogP contribution in [0.5, 0.6) is 0 Å². The van der Waals surface area contributed by atoms with Gasteiger partial charge in [-0.2, -0.15) is 0 Å². The predicted molar refractivity (Wildman–Crippen MR) is 124 cm³/mol. The Morgan fingerprint density at radius 3 is 2.74 bits per heavy atom. The number of carbonyl (C=O) groups excluding carboxylic acids is 2. The SMILES string of the molecule is O=C(Cc1csc(NC(=O)c2cccs2)n1)NCC1(c2cccc(Cl)c2)CCOCC1. The monoisotopic (exact) mass is 475 g/mol. The number of halogens is 1. The fourth-order valence-corrected chi connectivity index (χ4v) is 5.17. The first-order valence-corrected chi connectivity index (χ1v) is 12.1. The second-order valence-corrected chi connectivity index (χ2v) is 9.67. The Morgan fingerprint density at radius 2 is 2.00 bits per heavy atom. The summed E-state index contributed by atoms with van der Waals surface area (Å²) in [5.41, 5.74) is 1.56. The predicted octanol–water partition coefficient (Wildman–Crippen LogP) is 4.52. The molecule has 0 saturated carbocycles. The van der Waals surface area contributed by atoms with Crippen molar-refractivity contribution in [1.82, 2.24) is 10.3 Å². The second-order valence-electron chi connectivity index (χ2n) is 7.43. The van der Waals surface area contributed by atoms with Crippen LogP contribution in [0.2, 0.25) is 5.02 Å². The molecule has 0 bridgehead atoms. The minimum atomic E-state index is -0.194. The highest BCUT2D eigenvalue weighted by Gasteiger charge is 2.35. The maximum absolute atomic E-state index is 12.6. The standard InChI is InChI=1S/C22H22ClN3O3S2/c23-16-4-1-3-15(11-16)22(6-8-29-9-7-22)14-24-19(27)12-17-13-31-21(25-17)26-20(28)18-5-2-10-30-18/h1-5,10-11,13H,6-9,12,14H2,(H,24,27)(H,25,26,28). The van der Waals surface area contributed by atoms with Crippen LogP contribution in [-0.4, -0.2) is 36.6 Å². The fraction of sp³-hybridized carbons (Fsp3) is 0.318. The minimum absolute atomic E-state index is 0.102. The fourth-order valence-electron chi connectivity index (χ4n) is 3.65. The van der Waals surface area contributed by atoms with E-state index in [4.69, 9.17) is 16.3 Å². The number of thiazole rings is 1. The molecule has 1 aliphatic rings. The van der Waals surface area contributed by atoms with Gasteiger partial charge in [-0.25, -0.2) is 4.98 Å². The number of benzene rings is 1. The zero-order valence-corrected chi connectivity index (χ0v) is 19.1. The Hall–Kier alpha value is -2.26. The summed E-state index contributed by atoms with van der Waals surface area (Å²) in [6.07, 6.45) is 1.81. The van der Waals surface area contributed by atoms with Crippen LogP contribution in [0.25, 0.3) is 0 Å². The lowest BCUT2D eigenvalue weighted by Gasteiger charge is -2.38. The van der Waals surface area contributed by atoms with Gasteiger partial charge < -0.3 is 10.1 Å². The van der Waals surface area contributed by atoms with E-state index >= 15 is 0 Å². The number of ether oxygens (including phenoxy) is 1. The molecule has 6 nitrogen and oxygen atoms in total. The van der Waals surface area contributed by atoms with Crippen molar-refractivity contribution in [3.63, 3.8) is 0 Å². The van der Waals surface area contributed by atoms with Gasteiger partial charge in [-0.15, -0.1) is 22.7 Å². The number of anilines is 1. The molecule has 0 spiro atoms. The minimum Gasteiger partial charge on any atom is -0.381 e. The number of aromatic nitrogens is 1. The highest BCUT2D eigenvalue weighted by Crippen LogP contribution is 2.35. The van der Waals surface area contributed by atoms with Crippen LogP contribution in [-0.2, 0) is 21.4 Å². The Balaban J connectivity index is 1.36. The van der Waals surface area contributed by atoms with Gasteiger partial charge in [0.1, 0.15) is 0 Å². The van der Waals surface area contributed by atoms with E-state index in [1.54, 1.807) is 11.4 Å². The molecule has 0 unspecified atom stereocenters. The van der Waals surface area contributed by atoms with Gasteiger partial charge in [-0.3, -0.25) is 14.9 Å². The molecule has 31 heavy (non-hydrogen) atoms. The summed E-state index contributed by atoms with van der Waals surface area (Å²) in [7, 11) is 0. The quantitative estimate of drug-likeness (QED) is 0.526. The second kappa shape index (κ2) is 9.91. The van der Waals surface area contributed by atoms with Gasteiger partial charge in [0.2, 0.25) is 5.91 Å². The Bertz CT molecular complexity index is 1050. The van der Waals surface area contributed by atoms with E-state index in [9.17, 15) is 9.59 Å². The van der Waals surface area contributed by atoms with E-state index in [1.165, 1.54) is 22.7 Å². The highest BCUT2D eigenvalue weighted by atomic mass is 35.5. The Kier molecular flexibility index (Phi) is 7.02. The molecular formula is C22H22ClN3O3S2. The lowest BCUT2D eigenvalue weighted by molar-refractivity contribution is -0.121. The average molecular weight is 476 g/mol. The zero-order valence-electron chi connectivity index (χ0n) is 16.7. The molecule has 1 fully saturated rings. The van der Waals surface area contributed by atoms with Crippen LogP contribution in [0.15, 0.2) is 47.2 Å². The van der Waals surface area contributed by atoms with Gasteiger partial charge in [-0.1, -0.05) is 29.8 Å². The number of nitrogens with zero attached hydrogens (tertiary/aromatic N) is 1. The summed E-state index contributed by atoms with van der Waals surface area (Å²) < 4.78 is 5.55. The summed E-state index contributed by atoms with van der Waals surface area (Å²) in [4.78, 5) is 29.8. The van der Waals surface area contributed by atoms with Crippen LogP contribution in [0.3, 0.4) is 0 Å². The number of thiophene rings is 1. The summed E-state index contributed by atoms with van der Waals surface area (Å²) in [6, 6.07) is 11.4. The number of rotatable bonds is 7. The molecule has 2 aromatic heterocycles. The lowest BCUT2D eigenvalue weighted by atomic mass is 9.74. The Morgan fingerprint density at radius 1 is 1.16 bits per heavy atom. The molecule has 3 aromatic rings. The van der Waals surface area contributed by atoms with E-state index in [0.29, 0.717) is 40.5 Å². The van der Waals surface area contributed by atoms with Crippen LogP contribution in [0, 0.1) is 0 Å². The average Bonchev–Trinajstić information content (AvgIpc) is 3.45. The maximum Gasteiger partial charge on any atom is 0.267 e. The largest absolute Gasteiger partial charge is 0.381 e. The third-order valence-electron chi connectivity index (χ3n) is 5.37. The smallest absolute Gasteiger partial charge is 0.267 e. The van der Waals surface area contributed by atoms with E-state index in [1.807, 2.05) is 29.6 Å². The maximum atomic E-state index is 12.6. The van der Waals surface area contributed by atoms with Gasteiger partial charge in [-0.05, 0) is 42.0 Å². The van der Waals surface area contributed by atoms with Crippen molar-refractivity contribution in [3.8, 4) is 0 Å². The van der Waals surface area contributed by atoms with Crippen molar-refractivity contribution in [2.45, 2.75) is 24.7 Å². The van der Waals surface area contributed by atoms with Crippen LogP contribution in [0.1, 0.15) is 33.8 Å². The highest BCUT2D eigenvalue weighted by molar-refractivity contribution is 7.14. The van der Waals surface area contributed by atoms with Gasteiger partial charge in [0.05, 0.1) is 17.0 Å². The van der Waals surface area contributed by atoms with E-state index < -0.39 is 0 Å². The van der Waals surface area contributed by atoms with Crippen molar-refractivity contribution in [3.05, 3.63) is 68.3 Å². The summed E-state index contributed by atoms with van der Waals surface area (Å²) in [6.45, 7) is 1.82. The van der Waals surface area contributed by atoms with Crippen molar-refractivity contribution in [2.24, 2.45) is 0 Å². The molecule has 2 amide bonds. The molecule has 1 aromatic carbocycles. The van der Waals surface area contributed by atoms with Crippen molar-refractivity contribution >= 4 is 51.2 Å². The molecule has 4 rings (SSSR count). The number of hydrogen-bond donors (Lipinski definition) is 2. The molecule has 0 radical (unpaired) electrons. The van der Waals surface area contributed by atoms with E-state index in [2.05, 4.69) is 21.7 Å². The molecule has 2 N–H and O–H groups in total. The third-order valence-corrected chi connectivity index (χ3v) is 7.28. The van der Waals surface area contributed by atoms with Gasteiger partial charge in [0.25, 0.3) is 5.91 Å². The summed E-state index contributed by atoms with van der Waals surface area (Å²) in [5, 5.41) is 10.7.